The number of nitrogens with two attached hydrogens (primary N) is 1. The summed E-state index contributed by atoms with van der Waals surface area (Å²) in [5, 5.41) is 0. The molecule has 0 aromatic heterocycles. The molecule has 0 heterocycles. The fourth-order valence-corrected chi connectivity index (χ4v) is 1.25. The van der Waals surface area contributed by atoms with Crippen molar-refractivity contribution < 1.29 is 14.3 Å². The van der Waals surface area contributed by atoms with Gasteiger partial charge in [-0.1, -0.05) is 36.9 Å². The summed E-state index contributed by atoms with van der Waals surface area (Å²) in [5.74, 6) is -1.42. The van der Waals surface area contributed by atoms with Gasteiger partial charge in [-0.2, -0.15) is 0 Å². The second kappa shape index (κ2) is 4.61. The maximum Gasteiger partial charge on any atom is 0.331 e. The van der Waals surface area contributed by atoms with E-state index in [1.165, 1.54) is 6.92 Å². The quantitative estimate of drug-likeness (QED) is 0.609. The highest BCUT2D eigenvalue weighted by molar-refractivity contribution is 5.90. The van der Waals surface area contributed by atoms with E-state index < -0.39 is 17.5 Å². The van der Waals surface area contributed by atoms with Crippen LogP contribution < -0.4 is 5.73 Å². The van der Waals surface area contributed by atoms with Crippen molar-refractivity contribution in [3.05, 3.63) is 48.6 Å². The van der Waals surface area contributed by atoms with Crippen LogP contribution in [0.15, 0.2) is 43.0 Å². The van der Waals surface area contributed by atoms with E-state index >= 15 is 0 Å². The summed E-state index contributed by atoms with van der Waals surface area (Å²) < 4.78 is 5.00. The number of hydrogen-bond donors (Lipinski definition) is 1. The van der Waals surface area contributed by atoms with Gasteiger partial charge in [0.2, 0.25) is 5.60 Å². The van der Waals surface area contributed by atoms with Gasteiger partial charge in [0, 0.05) is 11.6 Å². The van der Waals surface area contributed by atoms with Crippen LogP contribution in [0.1, 0.15) is 12.5 Å². The zero-order chi connectivity index (χ0) is 12.2. The number of amides is 1. The minimum atomic E-state index is -1.47. The highest BCUT2D eigenvalue weighted by Gasteiger charge is 2.36. The molecule has 0 bridgehead atoms. The van der Waals surface area contributed by atoms with Gasteiger partial charge in [0.05, 0.1) is 0 Å². The number of primary amides is 1. The summed E-state index contributed by atoms with van der Waals surface area (Å²) in [6.07, 6.45) is 0.990. The second-order valence-corrected chi connectivity index (χ2v) is 3.39. The standard InChI is InChI=1S/C12H13NO3/c1-3-10(14)16-12(2,11(13)15)9-7-5-4-6-8-9/h3-8H,1H2,2H3,(H2,13,15). The zero-order valence-electron chi connectivity index (χ0n) is 8.97. The molecular formula is C12H13NO3. The third-order valence-corrected chi connectivity index (χ3v) is 2.27. The van der Waals surface area contributed by atoms with Crippen LogP contribution >= 0.6 is 0 Å². The van der Waals surface area contributed by atoms with Crippen LogP contribution in [0.4, 0.5) is 0 Å². The van der Waals surface area contributed by atoms with Gasteiger partial charge in [-0.05, 0) is 6.92 Å². The summed E-state index contributed by atoms with van der Waals surface area (Å²) in [6, 6.07) is 8.60. The number of carbonyl (C=O) groups is 2. The molecule has 0 saturated carbocycles. The first-order chi connectivity index (χ1) is 7.50. The number of rotatable bonds is 4. The second-order valence-electron chi connectivity index (χ2n) is 3.39. The van der Waals surface area contributed by atoms with Crippen molar-refractivity contribution in [3.8, 4) is 0 Å². The first-order valence-corrected chi connectivity index (χ1v) is 4.71. The predicted molar refractivity (Wildman–Crippen MR) is 59.3 cm³/mol. The molecule has 4 heteroatoms. The normalized spacial score (nSPS) is 13.6. The first-order valence-electron chi connectivity index (χ1n) is 4.71. The van der Waals surface area contributed by atoms with Crippen LogP contribution in [0.3, 0.4) is 0 Å². The number of carbonyl (C=O) groups excluding carboxylic acids is 2. The average Bonchev–Trinajstić information content (AvgIpc) is 2.29. The molecule has 0 aliphatic rings. The van der Waals surface area contributed by atoms with Crippen LogP contribution in [0, 0.1) is 0 Å². The lowest BCUT2D eigenvalue weighted by molar-refractivity contribution is -0.162. The molecule has 4 nitrogen and oxygen atoms in total. The van der Waals surface area contributed by atoms with Crippen LogP contribution in [-0.4, -0.2) is 11.9 Å². The van der Waals surface area contributed by atoms with Crippen molar-refractivity contribution in [2.24, 2.45) is 5.73 Å². The maximum absolute atomic E-state index is 11.4. The zero-order valence-corrected chi connectivity index (χ0v) is 8.97. The van der Waals surface area contributed by atoms with Crippen LogP contribution in [0.25, 0.3) is 0 Å². The van der Waals surface area contributed by atoms with E-state index in [0.717, 1.165) is 6.08 Å². The summed E-state index contributed by atoms with van der Waals surface area (Å²) in [5.41, 5.74) is 4.32. The van der Waals surface area contributed by atoms with Crippen molar-refractivity contribution in [2.45, 2.75) is 12.5 Å². The van der Waals surface area contributed by atoms with Crippen LogP contribution in [-0.2, 0) is 19.9 Å². The van der Waals surface area contributed by atoms with E-state index in [1.807, 2.05) is 0 Å². The number of esters is 1. The molecule has 0 spiro atoms. The molecule has 1 amide bonds. The fourth-order valence-electron chi connectivity index (χ4n) is 1.25. The Labute approximate surface area is 93.7 Å². The molecular weight excluding hydrogens is 206 g/mol. The van der Waals surface area contributed by atoms with Gasteiger partial charge in [0.15, 0.2) is 0 Å². The summed E-state index contributed by atoms with van der Waals surface area (Å²) in [4.78, 5) is 22.5. The Morgan fingerprint density at radius 1 is 1.38 bits per heavy atom. The average molecular weight is 219 g/mol. The fraction of sp³-hybridized carbons (Fsp3) is 0.167. The van der Waals surface area contributed by atoms with Gasteiger partial charge >= 0.3 is 5.97 Å². The van der Waals surface area contributed by atoms with Gasteiger partial charge in [0.1, 0.15) is 0 Å². The molecule has 1 aromatic carbocycles. The molecule has 1 atom stereocenters. The van der Waals surface area contributed by atoms with E-state index in [4.69, 9.17) is 10.5 Å². The monoisotopic (exact) mass is 219 g/mol. The largest absolute Gasteiger partial charge is 0.441 e. The van der Waals surface area contributed by atoms with Crippen molar-refractivity contribution >= 4 is 11.9 Å². The van der Waals surface area contributed by atoms with E-state index in [-0.39, 0.29) is 0 Å². The van der Waals surface area contributed by atoms with Crippen LogP contribution in [0.5, 0.6) is 0 Å². The lowest BCUT2D eigenvalue weighted by Gasteiger charge is -2.25. The topological polar surface area (TPSA) is 69.4 Å². The lowest BCUT2D eigenvalue weighted by Crippen LogP contribution is -2.42. The molecule has 1 aromatic rings. The van der Waals surface area contributed by atoms with Gasteiger partial charge < -0.3 is 10.5 Å². The number of ether oxygens (including phenoxy) is 1. The first kappa shape index (κ1) is 12.0. The Morgan fingerprint density at radius 3 is 2.38 bits per heavy atom. The van der Waals surface area contributed by atoms with E-state index in [2.05, 4.69) is 6.58 Å². The van der Waals surface area contributed by atoms with Crippen molar-refractivity contribution in [1.29, 1.82) is 0 Å². The molecule has 0 fully saturated rings. The van der Waals surface area contributed by atoms with E-state index in [0.29, 0.717) is 5.56 Å². The van der Waals surface area contributed by atoms with Gasteiger partial charge in [-0.3, -0.25) is 4.79 Å². The molecule has 0 aliphatic carbocycles. The van der Waals surface area contributed by atoms with E-state index in [1.54, 1.807) is 30.3 Å². The molecule has 0 saturated heterocycles. The van der Waals surface area contributed by atoms with Crippen molar-refractivity contribution in [3.63, 3.8) is 0 Å². The van der Waals surface area contributed by atoms with Gasteiger partial charge in [-0.25, -0.2) is 4.79 Å². The molecule has 2 N–H and O–H groups in total. The molecule has 0 radical (unpaired) electrons. The van der Waals surface area contributed by atoms with Crippen LogP contribution in [0.2, 0.25) is 0 Å². The molecule has 0 aliphatic heterocycles. The Balaban J connectivity index is 3.12. The maximum atomic E-state index is 11.4. The SMILES string of the molecule is C=CC(=O)OC(C)(C(N)=O)c1ccccc1. The van der Waals surface area contributed by atoms with Gasteiger partial charge in [0.25, 0.3) is 5.91 Å². The summed E-state index contributed by atoms with van der Waals surface area (Å²) in [6.45, 7) is 4.72. The predicted octanol–water partition coefficient (Wildman–Crippen LogP) is 1.12. The number of hydrogen-bond acceptors (Lipinski definition) is 3. The lowest BCUT2D eigenvalue weighted by atomic mass is 9.95. The molecule has 16 heavy (non-hydrogen) atoms. The Morgan fingerprint density at radius 2 is 1.94 bits per heavy atom. The third kappa shape index (κ3) is 2.28. The minimum Gasteiger partial charge on any atom is -0.441 e. The van der Waals surface area contributed by atoms with Crippen molar-refractivity contribution in [2.75, 3.05) is 0 Å². The summed E-state index contributed by atoms with van der Waals surface area (Å²) >= 11 is 0. The number of benzene rings is 1. The van der Waals surface area contributed by atoms with E-state index in [9.17, 15) is 9.59 Å². The smallest absolute Gasteiger partial charge is 0.331 e. The molecule has 1 rings (SSSR count). The summed E-state index contributed by atoms with van der Waals surface area (Å²) in [7, 11) is 0. The third-order valence-electron chi connectivity index (χ3n) is 2.27. The Bertz CT molecular complexity index is 414. The van der Waals surface area contributed by atoms with Crippen molar-refractivity contribution in [1.82, 2.24) is 0 Å². The highest BCUT2D eigenvalue weighted by atomic mass is 16.6. The Kier molecular flexibility index (Phi) is 3.45. The molecule has 84 valence electrons. The highest BCUT2D eigenvalue weighted by Crippen LogP contribution is 2.25. The Hall–Kier alpha value is -2.10. The van der Waals surface area contributed by atoms with Gasteiger partial charge in [-0.15, -0.1) is 0 Å². The minimum absolute atomic E-state index is 0.526. The molecule has 1 unspecified atom stereocenters.